The van der Waals surface area contributed by atoms with Gasteiger partial charge in [-0.3, -0.25) is 9.59 Å². The van der Waals surface area contributed by atoms with E-state index in [0.717, 1.165) is 46.1 Å². The van der Waals surface area contributed by atoms with Crippen molar-refractivity contribution < 1.29 is 9.59 Å². The highest BCUT2D eigenvalue weighted by Gasteiger charge is 2.56. The fourth-order valence-corrected chi connectivity index (χ4v) is 5.50. The number of nitrogens with zero attached hydrogens (tertiary/aromatic N) is 3. The summed E-state index contributed by atoms with van der Waals surface area (Å²) in [6.45, 7) is 5.99. The van der Waals surface area contributed by atoms with Crippen LogP contribution in [0.2, 0.25) is 5.02 Å². The zero-order valence-corrected chi connectivity index (χ0v) is 18.1. The number of aromatic nitrogens is 1. The second kappa shape index (κ2) is 6.95. The Labute approximate surface area is 181 Å². The van der Waals surface area contributed by atoms with Crippen molar-refractivity contribution in [1.82, 2.24) is 9.58 Å². The maximum Gasteiger partial charge on any atom is 0.254 e. The lowest BCUT2D eigenvalue weighted by Gasteiger charge is -2.37. The number of fused-ring (bicyclic) bond motifs is 1. The van der Waals surface area contributed by atoms with Gasteiger partial charge >= 0.3 is 0 Å². The van der Waals surface area contributed by atoms with Gasteiger partial charge in [0.15, 0.2) is 0 Å². The Hall–Kier alpha value is -2.66. The van der Waals surface area contributed by atoms with Crippen molar-refractivity contribution >= 4 is 29.6 Å². The number of aryl methyl sites for hydroxylation is 2. The van der Waals surface area contributed by atoms with E-state index in [1.54, 1.807) is 6.21 Å². The molecule has 4 aliphatic rings. The van der Waals surface area contributed by atoms with E-state index in [1.165, 1.54) is 0 Å². The summed E-state index contributed by atoms with van der Waals surface area (Å²) < 4.78 is 2.10. The van der Waals surface area contributed by atoms with Crippen molar-refractivity contribution in [1.29, 1.82) is 0 Å². The van der Waals surface area contributed by atoms with Crippen molar-refractivity contribution in [3.05, 3.63) is 64.0 Å². The molecule has 6 heteroatoms. The first-order chi connectivity index (χ1) is 14.4. The zero-order valence-electron chi connectivity index (χ0n) is 17.3. The van der Waals surface area contributed by atoms with E-state index in [9.17, 15) is 9.59 Å². The third-order valence-electron chi connectivity index (χ3n) is 6.93. The Morgan fingerprint density at radius 3 is 2.20 bits per heavy atom. The summed E-state index contributed by atoms with van der Waals surface area (Å²) in [6.07, 6.45) is 7.84. The van der Waals surface area contributed by atoms with Crippen LogP contribution in [-0.2, 0) is 9.59 Å². The molecule has 2 heterocycles. The quantitative estimate of drug-likeness (QED) is 0.413. The first-order valence-corrected chi connectivity index (χ1v) is 10.8. The smallest absolute Gasteiger partial charge is 0.254 e. The Balaban J connectivity index is 1.45. The molecule has 5 nitrogen and oxygen atoms in total. The largest absolute Gasteiger partial charge is 0.318 e. The summed E-state index contributed by atoms with van der Waals surface area (Å²) in [6, 6.07) is 7.98. The summed E-state index contributed by atoms with van der Waals surface area (Å²) in [5.74, 6) is -0.430. The van der Waals surface area contributed by atoms with Gasteiger partial charge in [0.1, 0.15) is 0 Å². The molecular formula is C24H24ClN3O2. The van der Waals surface area contributed by atoms with E-state index < -0.39 is 0 Å². The van der Waals surface area contributed by atoms with Gasteiger partial charge in [-0.2, -0.15) is 10.1 Å². The predicted octanol–water partition coefficient (Wildman–Crippen LogP) is 4.59. The molecule has 3 aliphatic carbocycles. The molecule has 1 saturated carbocycles. The number of imide groups is 1. The Bertz CT molecular complexity index is 1100. The molecule has 2 aromatic rings. The number of carbonyl (C=O) groups is 2. The molecule has 6 rings (SSSR count). The molecule has 154 valence electrons. The van der Waals surface area contributed by atoms with Crippen LogP contribution in [0.3, 0.4) is 0 Å². The number of benzene rings is 1. The lowest BCUT2D eigenvalue weighted by atomic mass is 9.63. The number of halogens is 1. The van der Waals surface area contributed by atoms with Crippen LogP contribution >= 0.6 is 11.6 Å². The van der Waals surface area contributed by atoms with E-state index in [-0.39, 0.29) is 35.5 Å². The fraction of sp³-hybridized carbons (Fsp3) is 0.375. The van der Waals surface area contributed by atoms with Crippen LogP contribution in [-0.4, -0.2) is 27.6 Å². The monoisotopic (exact) mass is 421 g/mol. The van der Waals surface area contributed by atoms with Crippen molar-refractivity contribution in [3.63, 3.8) is 0 Å². The van der Waals surface area contributed by atoms with E-state index >= 15 is 0 Å². The van der Waals surface area contributed by atoms with Crippen molar-refractivity contribution in [3.8, 4) is 5.69 Å². The average Bonchev–Trinajstić information content (AvgIpc) is 3.17. The number of allylic oxidation sites excluding steroid dienone is 2. The Morgan fingerprint density at radius 1 is 1.00 bits per heavy atom. The standard InChI is InChI=1S/C24H24ClN3O2/c1-13-4-9-19(11-20(13)25)27-14(2)10-18(15(27)3)12-26-28-23(29)21-16-5-6-17(8-7-16)22(21)24(28)30/h4-6,9-12,16-17,21-22H,7-8H2,1-3H3/b26-12-/t16-,17-,21+,22+/m0/s1. The molecule has 0 radical (unpaired) electrons. The molecule has 4 atom stereocenters. The number of hydrogen-bond acceptors (Lipinski definition) is 3. The van der Waals surface area contributed by atoms with Gasteiger partial charge in [-0.25, -0.2) is 0 Å². The van der Waals surface area contributed by atoms with E-state index in [1.807, 2.05) is 45.0 Å². The van der Waals surface area contributed by atoms with Crippen LogP contribution < -0.4 is 0 Å². The molecule has 2 amide bonds. The Morgan fingerprint density at radius 2 is 1.63 bits per heavy atom. The average molecular weight is 422 g/mol. The van der Waals surface area contributed by atoms with Gasteiger partial charge in [0, 0.05) is 27.7 Å². The summed E-state index contributed by atoms with van der Waals surface area (Å²) in [7, 11) is 0. The van der Waals surface area contributed by atoms with E-state index in [4.69, 9.17) is 11.6 Å². The number of hydrogen-bond donors (Lipinski definition) is 0. The second-order valence-electron chi connectivity index (χ2n) is 8.67. The number of hydrazone groups is 1. The zero-order chi connectivity index (χ0) is 21.2. The molecule has 2 fully saturated rings. The number of rotatable bonds is 3. The molecule has 1 aromatic heterocycles. The third kappa shape index (κ3) is 2.79. The third-order valence-corrected chi connectivity index (χ3v) is 7.34. The highest BCUT2D eigenvalue weighted by atomic mass is 35.5. The van der Waals surface area contributed by atoms with Crippen molar-refractivity contribution in [2.45, 2.75) is 33.6 Å². The topological polar surface area (TPSA) is 54.7 Å². The maximum atomic E-state index is 12.9. The van der Waals surface area contributed by atoms with Crippen molar-refractivity contribution in [2.75, 3.05) is 0 Å². The molecule has 0 spiro atoms. The molecule has 1 saturated heterocycles. The van der Waals surface area contributed by atoms with Gasteiger partial charge in [-0.05, 0) is 69.2 Å². The molecule has 0 N–H and O–H groups in total. The lowest BCUT2D eigenvalue weighted by Crippen LogP contribution is -2.38. The van der Waals surface area contributed by atoms with Crippen LogP contribution in [0, 0.1) is 44.4 Å². The number of carbonyl (C=O) groups excluding carboxylic acids is 2. The SMILES string of the molecule is Cc1ccc(-n2c(C)cc(/C=N\N3C(=O)[C@H]4[C@H](C3=O)[C@H]3C=C[C@H]4CC3)c2C)cc1Cl. The lowest BCUT2D eigenvalue weighted by molar-refractivity contribution is -0.140. The molecule has 30 heavy (non-hydrogen) atoms. The summed E-state index contributed by atoms with van der Waals surface area (Å²) in [4.78, 5) is 25.9. The van der Waals surface area contributed by atoms with Gasteiger partial charge in [0.25, 0.3) is 11.8 Å². The molecule has 1 aromatic carbocycles. The van der Waals surface area contributed by atoms with Gasteiger partial charge < -0.3 is 4.57 Å². The molecule has 2 bridgehead atoms. The summed E-state index contributed by atoms with van der Waals surface area (Å²) in [5.41, 5.74) is 4.89. The maximum absolute atomic E-state index is 12.9. The summed E-state index contributed by atoms with van der Waals surface area (Å²) >= 11 is 6.32. The first kappa shape index (κ1) is 19.3. The predicted molar refractivity (Wildman–Crippen MR) is 117 cm³/mol. The second-order valence-corrected chi connectivity index (χ2v) is 9.08. The minimum atomic E-state index is -0.236. The van der Waals surface area contributed by atoms with Crippen LogP contribution in [0.4, 0.5) is 0 Å². The number of amides is 2. The highest BCUT2D eigenvalue weighted by Crippen LogP contribution is 2.49. The van der Waals surface area contributed by atoms with Crippen LogP contribution in [0.15, 0.2) is 41.5 Å². The Kier molecular flexibility index (Phi) is 4.47. The van der Waals surface area contributed by atoms with Gasteiger partial charge in [0.05, 0.1) is 18.1 Å². The minimum absolute atomic E-state index is 0.153. The summed E-state index contributed by atoms with van der Waals surface area (Å²) in [5, 5.41) is 6.19. The highest BCUT2D eigenvalue weighted by molar-refractivity contribution is 6.31. The van der Waals surface area contributed by atoms with Crippen LogP contribution in [0.5, 0.6) is 0 Å². The van der Waals surface area contributed by atoms with E-state index in [0.29, 0.717) is 5.02 Å². The van der Waals surface area contributed by atoms with Gasteiger partial charge in [0.2, 0.25) is 0 Å². The fourth-order valence-electron chi connectivity index (χ4n) is 5.33. The minimum Gasteiger partial charge on any atom is -0.318 e. The first-order valence-electron chi connectivity index (χ1n) is 10.4. The van der Waals surface area contributed by atoms with Gasteiger partial charge in [-0.15, -0.1) is 0 Å². The van der Waals surface area contributed by atoms with E-state index in [2.05, 4.69) is 21.8 Å². The molecule has 0 unspecified atom stereocenters. The normalized spacial score (nSPS) is 27.5. The van der Waals surface area contributed by atoms with Gasteiger partial charge in [-0.1, -0.05) is 29.8 Å². The molecule has 1 aliphatic heterocycles. The van der Waals surface area contributed by atoms with Crippen LogP contribution in [0.25, 0.3) is 5.69 Å². The molecular weight excluding hydrogens is 398 g/mol. The van der Waals surface area contributed by atoms with Crippen LogP contribution in [0.1, 0.15) is 35.4 Å². The van der Waals surface area contributed by atoms with Crippen molar-refractivity contribution in [2.24, 2.45) is 28.8 Å².